The third-order valence-electron chi connectivity index (χ3n) is 3.49. The van der Waals surface area contributed by atoms with Crippen LogP contribution in [0, 0.1) is 0 Å². The molecule has 1 aromatic carbocycles. The molecule has 0 bridgehead atoms. The number of amides is 1. The van der Waals surface area contributed by atoms with E-state index in [4.69, 9.17) is 4.74 Å². The summed E-state index contributed by atoms with van der Waals surface area (Å²) in [5.41, 5.74) is -0.575. The number of piperidine rings is 1. The van der Waals surface area contributed by atoms with Crippen LogP contribution in [-0.4, -0.2) is 43.5 Å². The fourth-order valence-corrected chi connectivity index (χ4v) is 4.04. The Morgan fingerprint density at radius 1 is 1.26 bits per heavy atom. The van der Waals surface area contributed by atoms with Crippen molar-refractivity contribution in [2.24, 2.45) is 0 Å². The lowest BCUT2D eigenvalue weighted by molar-refractivity contribution is 0.0487. The quantitative estimate of drug-likeness (QED) is 0.916. The van der Waals surface area contributed by atoms with Crippen LogP contribution in [0.2, 0.25) is 0 Å². The van der Waals surface area contributed by atoms with Crippen LogP contribution in [0.5, 0.6) is 0 Å². The summed E-state index contributed by atoms with van der Waals surface area (Å²) in [6.07, 6.45) is 0.925. The fraction of sp³-hybridized carbons (Fsp3) is 0.562. The van der Waals surface area contributed by atoms with Gasteiger partial charge < -0.3 is 10.1 Å². The predicted octanol–water partition coefficient (Wildman–Crippen LogP) is 2.36. The lowest BCUT2D eigenvalue weighted by Crippen LogP contribution is -2.50. The van der Waals surface area contributed by atoms with Crippen LogP contribution in [0.25, 0.3) is 0 Å². The minimum Gasteiger partial charge on any atom is -0.444 e. The zero-order chi connectivity index (χ0) is 17.1. The maximum atomic E-state index is 12.6. The summed E-state index contributed by atoms with van der Waals surface area (Å²) in [6.45, 7) is 6.10. The van der Waals surface area contributed by atoms with Crippen molar-refractivity contribution in [2.45, 2.75) is 50.2 Å². The second-order valence-corrected chi connectivity index (χ2v) is 8.60. The van der Waals surface area contributed by atoms with E-state index in [-0.39, 0.29) is 17.5 Å². The molecule has 1 unspecified atom stereocenters. The van der Waals surface area contributed by atoms with Crippen molar-refractivity contribution < 1.29 is 17.9 Å². The molecule has 0 radical (unpaired) electrons. The molecule has 128 valence electrons. The van der Waals surface area contributed by atoms with Gasteiger partial charge in [0, 0.05) is 19.1 Å². The molecule has 1 aliphatic heterocycles. The molecule has 1 N–H and O–H groups in total. The molecule has 1 atom stereocenters. The summed E-state index contributed by atoms with van der Waals surface area (Å²) in [7, 11) is -3.52. The first kappa shape index (κ1) is 17.7. The van der Waals surface area contributed by atoms with Crippen molar-refractivity contribution in [1.29, 1.82) is 0 Å². The molecule has 1 heterocycles. The summed E-state index contributed by atoms with van der Waals surface area (Å²) in [6, 6.07) is 8.11. The Hall–Kier alpha value is -1.60. The third-order valence-corrected chi connectivity index (χ3v) is 5.37. The van der Waals surface area contributed by atoms with E-state index in [0.717, 1.165) is 6.42 Å². The number of rotatable bonds is 3. The number of carbonyl (C=O) groups is 1. The first-order valence-electron chi connectivity index (χ1n) is 7.73. The molecule has 1 amide bonds. The van der Waals surface area contributed by atoms with Crippen LogP contribution >= 0.6 is 0 Å². The highest BCUT2D eigenvalue weighted by Crippen LogP contribution is 2.20. The van der Waals surface area contributed by atoms with E-state index in [0.29, 0.717) is 13.0 Å². The van der Waals surface area contributed by atoms with Crippen LogP contribution in [0.1, 0.15) is 33.6 Å². The topological polar surface area (TPSA) is 75.7 Å². The monoisotopic (exact) mass is 340 g/mol. The number of sulfonamides is 1. The van der Waals surface area contributed by atoms with E-state index in [1.807, 2.05) is 0 Å². The van der Waals surface area contributed by atoms with E-state index >= 15 is 0 Å². The van der Waals surface area contributed by atoms with Gasteiger partial charge in [-0.3, -0.25) is 0 Å². The minimum absolute atomic E-state index is 0.239. The molecule has 0 spiro atoms. The Morgan fingerprint density at radius 3 is 2.52 bits per heavy atom. The van der Waals surface area contributed by atoms with E-state index < -0.39 is 21.7 Å². The molecular formula is C16H24N2O4S. The smallest absolute Gasteiger partial charge is 0.407 e. The molecule has 0 saturated carbocycles. The van der Waals surface area contributed by atoms with Gasteiger partial charge in [0.25, 0.3) is 0 Å². The number of hydrogen-bond acceptors (Lipinski definition) is 4. The summed E-state index contributed by atoms with van der Waals surface area (Å²) in [5.74, 6) is 0. The normalized spacial score (nSPS) is 20.0. The summed E-state index contributed by atoms with van der Waals surface area (Å²) < 4.78 is 31.9. The number of carbonyl (C=O) groups excluding carboxylic acids is 1. The maximum Gasteiger partial charge on any atom is 0.407 e. The van der Waals surface area contributed by atoms with Gasteiger partial charge in [0.05, 0.1) is 4.90 Å². The average molecular weight is 340 g/mol. The van der Waals surface area contributed by atoms with Crippen molar-refractivity contribution in [3.8, 4) is 0 Å². The minimum atomic E-state index is -3.52. The number of nitrogens with zero attached hydrogens (tertiary/aromatic N) is 1. The largest absolute Gasteiger partial charge is 0.444 e. The first-order valence-corrected chi connectivity index (χ1v) is 9.17. The van der Waals surface area contributed by atoms with Gasteiger partial charge in [-0.25, -0.2) is 13.2 Å². The predicted molar refractivity (Wildman–Crippen MR) is 87.6 cm³/mol. The molecule has 7 heteroatoms. The number of alkyl carbamates (subject to hydrolysis) is 1. The van der Waals surface area contributed by atoms with Gasteiger partial charge in [0.2, 0.25) is 10.0 Å². The maximum absolute atomic E-state index is 12.6. The molecule has 2 rings (SSSR count). The van der Waals surface area contributed by atoms with Crippen molar-refractivity contribution in [3.05, 3.63) is 30.3 Å². The number of benzene rings is 1. The highest BCUT2D eigenvalue weighted by atomic mass is 32.2. The zero-order valence-corrected chi connectivity index (χ0v) is 14.6. The molecular weight excluding hydrogens is 316 g/mol. The van der Waals surface area contributed by atoms with Crippen molar-refractivity contribution in [3.63, 3.8) is 0 Å². The van der Waals surface area contributed by atoms with Gasteiger partial charge in [-0.1, -0.05) is 18.2 Å². The van der Waals surface area contributed by atoms with Gasteiger partial charge in [-0.15, -0.1) is 0 Å². The van der Waals surface area contributed by atoms with Crippen molar-refractivity contribution >= 4 is 16.1 Å². The van der Waals surface area contributed by atoms with Crippen LogP contribution in [-0.2, 0) is 14.8 Å². The molecule has 6 nitrogen and oxygen atoms in total. The fourth-order valence-electron chi connectivity index (χ4n) is 2.49. The summed E-state index contributed by atoms with van der Waals surface area (Å²) in [5, 5.41) is 2.76. The van der Waals surface area contributed by atoms with Crippen molar-refractivity contribution in [1.82, 2.24) is 9.62 Å². The Labute approximate surface area is 137 Å². The van der Waals surface area contributed by atoms with Crippen molar-refractivity contribution in [2.75, 3.05) is 13.1 Å². The van der Waals surface area contributed by atoms with Crippen LogP contribution in [0.4, 0.5) is 4.79 Å². The highest BCUT2D eigenvalue weighted by Gasteiger charge is 2.31. The number of nitrogens with one attached hydrogen (secondary N) is 1. The lowest BCUT2D eigenvalue weighted by atomic mass is 10.1. The second-order valence-electron chi connectivity index (χ2n) is 6.66. The average Bonchev–Trinajstić information content (AvgIpc) is 2.46. The lowest BCUT2D eigenvalue weighted by Gasteiger charge is -2.32. The van der Waals surface area contributed by atoms with Crippen LogP contribution in [0.3, 0.4) is 0 Å². The SMILES string of the molecule is CC(C)(C)OC(=O)NC1CCCN(S(=O)(=O)c2ccccc2)C1. The molecule has 1 aliphatic rings. The molecule has 23 heavy (non-hydrogen) atoms. The Bertz CT molecular complexity index is 638. The van der Waals surface area contributed by atoms with Gasteiger partial charge in [0.15, 0.2) is 0 Å². The molecule has 1 aromatic rings. The van der Waals surface area contributed by atoms with Crippen LogP contribution < -0.4 is 5.32 Å². The molecule has 1 saturated heterocycles. The van der Waals surface area contributed by atoms with E-state index in [1.54, 1.807) is 51.1 Å². The molecule has 0 aliphatic carbocycles. The number of hydrogen-bond donors (Lipinski definition) is 1. The summed E-state index contributed by atoms with van der Waals surface area (Å²) >= 11 is 0. The first-order chi connectivity index (χ1) is 10.7. The second kappa shape index (κ2) is 6.88. The third kappa shape index (κ3) is 4.94. The Balaban J connectivity index is 2.02. The summed E-state index contributed by atoms with van der Waals surface area (Å²) in [4.78, 5) is 12.1. The van der Waals surface area contributed by atoms with Gasteiger partial charge >= 0.3 is 6.09 Å². The Kier molecular flexibility index (Phi) is 5.31. The van der Waals surface area contributed by atoms with E-state index in [9.17, 15) is 13.2 Å². The van der Waals surface area contributed by atoms with Gasteiger partial charge in [0.1, 0.15) is 5.60 Å². The Morgan fingerprint density at radius 2 is 1.91 bits per heavy atom. The molecule has 1 fully saturated rings. The van der Waals surface area contributed by atoms with E-state index in [1.165, 1.54) is 4.31 Å². The highest BCUT2D eigenvalue weighted by molar-refractivity contribution is 7.89. The van der Waals surface area contributed by atoms with E-state index in [2.05, 4.69) is 5.32 Å². The van der Waals surface area contributed by atoms with Gasteiger partial charge in [-0.2, -0.15) is 4.31 Å². The number of ether oxygens (including phenoxy) is 1. The van der Waals surface area contributed by atoms with Crippen LogP contribution in [0.15, 0.2) is 35.2 Å². The van der Waals surface area contributed by atoms with Gasteiger partial charge in [-0.05, 0) is 45.7 Å². The zero-order valence-electron chi connectivity index (χ0n) is 13.8. The standard InChI is InChI=1S/C16H24N2O4S/c1-16(2,3)22-15(19)17-13-8-7-11-18(12-13)23(20,21)14-9-5-4-6-10-14/h4-6,9-10,13H,7-8,11-12H2,1-3H3,(H,17,19). The molecule has 0 aromatic heterocycles.